The Bertz CT molecular complexity index is 352. The second-order valence-electron chi connectivity index (χ2n) is 6.48. The minimum atomic E-state index is 0.174. The summed E-state index contributed by atoms with van der Waals surface area (Å²) in [4.78, 5) is 4.34. The van der Waals surface area contributed by atoms with Crippen LogP contribution < -0.4 is 0 Å². The maximum Gasteiger partial charge on any atom is 0.138 e. The zero-order valence-electron chi connectivity index (χ0n) is 12.3. The van der Waals surface area contributed by atoms with Crippen molar-refractivity contribution < 1.29 is 0 Å². The molecule has 1 atom stereocenters. The summed E-state index contributed by atoms with van der Waals surface area (Å²) in [5.74, 6) is 1.68. The molecule has 0 aliphatic heterocycles. The quantitative estimate of drug-likeness (QED) is 0.735. The summed E-state index contributed by atoms with van der Waals surface area (Å²) in [6.45, 7) is 11.9. The summed E-state index contributed by atoms with van der Waals surface area (Å²) in [6, 6.07) is 0. The fraction of sp³-hybridized carbons (Fsp3) is 0.857. The molecule has 0 spiro atoms. The maximum atomic E-state index is 6.38. The van der Waals surface area contributed by atoms with E-state index >= 15 is 0 Å². The van der Waals surface area contributed by atoms with Gasteiger partial charge in [0.15, 0.2) is 0 Å². The third-order valence-corrected chi connectivity index (χ3v) is 3.90. The maximum absolute atomic E-state index is 6.38. The highest BCUT2D eigenvalue weighted by Crippen LogP contribution is 2.28. The Morgan fingerprint density at radius 1 is 1.33 bits per heavy atom. The molecule has 0 saturated heterocycles. The molecule has 1 unspecified atom stereocenters. The Balaban J connectivity index is 2.42. The molecule has 0 aliphatic carbocycles. The summed E-state index contributed by atoms with van der Waals surface area (Å²) < 4.78 is 2.02. The molecular weight excluding hydrogens is 246 g/mol. The Morgan fingerprint density at radius 3 is 2.56 bits per heavy atom. The van der Waals surface area contributed by atoms with E-state index in [0.29, 0.717) is 5.92 Å². The minimum absolute atomic E-state index is 0.174. The molecule has 0 amide bonds. The van der Waals surface area contributed by atoms with Gasteiger partial charge in [0, 0.05) is 18.3 Å². The number of halogens is 1. The smallest absolute Gasteiger partial charge is 0.138 e. The zero-order chi connectivity index (χ0) is 13.8. The molecular formula is C14H26ClN3. The predicted molar refractivity (Wildman–Crippen MR) is 76.9 cm³/mol. The first-order valence-electron chi connectivity index (χ1n) is 6.81. The van der Waals surface area contributed by atoms with E-state index < -0.39 is 0 Å². The first-order chi connectivity index (χ1) is 8.30. The van der Waals surface area contributed by atoms with Crippen LogP contribution in [0, 0.1) is 11.3 Å². The van der Waals surface area contributed by atoms with Gasteiger partial charge in [-0.05, 0) is 24.2 Å². The zero-order valence-corrected chi connectivity index (χ0v) is 13.0. The molecule has 0 saturated carbocycles. The number of alkyl halides is 1. The van der Waals surface area contributed by atoms with E-state index in [9.17, 15) is 0 Å². The van der Waals surface area contributed by atoms with Crippen LogP contribution in [0.25, 0.3) is 0 Å². The number of nitrogens with zero attached hydrogens (tertiary/aromatic N) is 3. The van der Waals surface area contributed by atoms with Crippen LogP contribution >= 0.6 is 11.6 Å². The van der Waals surface area contributed by atoms with Crippen molar-refractivity contribution in [3.05, 3.63) is 12.2 Å². The number of aryl methyl sites for hydroxylation is 1. The standard InChI is InChI=1S/C14H26ClN3/c1-11(2)9-18-13(16-10-17-18)8-6-7-12(15)14(3,4)5/h10-12H,6-9H2,1-5H3. The van der Waals surface area contributed by atoms with Gasteiger partial charge in [-0.1, -0.05) is 34.6 Å². The second kappa shape index (κ2) is 6.55. The normalized spacial score (nSPS) is 14.2. The van der Waals surface area contributed by atoms with E-state index in [0.717, 1.165) is 31.6 Å². The van der Waals surface area contributed by atoms with Gasteiger partial charge in [-0.25, -0.2) is 9.67 Å². The molecule has 1 aromatic heterocycles. The predicted octanol–water partition coefficient (Wildman–Crippen LogP) is 3.91. The molecule has 0 bridgehead atoms. The largest absolute Gasteiger partial charge is 0.250 e. The van der Waals surface area contributed by atoms with Crippen LogP contribution in [0.15, 0.2) is 6.33 Å². The summed E-state index contributed by atoms with van der Waals surface area (Å²) >= 11 is 6.38. The van der Waals surface area contributed by atoms with Crippen molar-refractivity contribution >= 4 is 11.6 Å². The number of rotatable bonds is 6. The molecule has 0 aliphatic rings. The molecule has 1 aromatic rings. The Morgan fingerprint density at radius 2 is 2.00 bits per heavy atom. The average Bonchev–Trinajstić information content (AvgIpc) is 2.63. The van der Waals surface area contributed by atoms with E-state index in [1.54, 1.807) is 6.33 Å². The van der Waals surface area contributed by atoms with Gasteiger partial charge in [0.2, 0.25) is 0 Å². The number of hydrogen-bond donors (Lipinski definition) is 0. The van der Waals surface area contributed by atoms with Crippen LogP contribution in [-0.4, -0.2) is 20.1 Å². The average molecular weight is 272 g/mol. The van der Waals surface area contributed by atoms with Crippen LogP contribution in [0.3, 0.4) is 0 Å². The molecule has 1 heterocycles. The van der Waals surface area contributed by atoms with Gasteiger partial charge < -0.3 is 0 Å². The minimum Gasteiger partial charge on any atom is -0.250 e. The molecule has 0 fully saturated rings. The Hall–Kier alpha value is -0.570. The van der Waals surface area contributed by atoms with Crippen molar-refractivity contribution in [1.29, 1.82) is 0 Å². The lowest BCUT2D eigenvalue weighted by Crippen LogP contribution is -2.21. The first-order valence-corrected chi connectivity index (χ1v) is 7.25. The van der Waals surface area contributed by atoms with Crippen LogP contribution in [-0.2, 0) is 13.0 Å². The summed E-state index contributed by atoms with van der Waals surface area (Å²) in [6.07, 6.45) is 4.72. The number of hydrogen-bond acceptors (Lipinski definition) is 2. The second-order valence-corrected chi connectivity index (χ2v) is 7.00. The molecule has 0 aromatic carbocycles. The van der Waals surface area contributed by atoms with Crippen LogP contribution in [0.2, 0.25) is 0 Å². The van der Waals surface area contributed by atoms with Gasteiger partial charge in [-0.2, -0.15) is 5.10 Å². The van der Waals surface area contributed by atoms with Crippen molar-refractivity contribution in [2.45, 2.75) is 65.8 Å². The number of aromatic nitrogens is 3. The Labute approximate surface area is 116 Å². The summed E-state index contributed by atoms with van der Waals surface area (Å²) in [7, 11) is 0. The molecule has 18 heavy (non-hydrogen) atoms. The van der Waals surface area contributed by atoms with Crippen molar-refractivity contribution in [1.82, 2.24) is 14.8 Å². The lowest BCUT2D eigenvalue weighted by Gasteiger charge is -2.24. The third kappa shape index (κ3) is 4.97. The van der Waals surface area contributed by atoms with Crippen LogP contribution in [0.5, 0.6) is 0 Å². The molecule has 0 radical (unpaired) electrons. The molecule has 3 nitrogen and oxygen atoms in total. The van der Waals surface area contributed by atoms with E-state index in [-0.39, 0.29) is 10.8 Å². The van der Waals surface area contributed by atoms with Gasteiger partial charge in [-0.15, -0.1) is 11.6 Å². The summed E-state index contributed by atoms with van der Waals surface area (Å²) in [5.41, 5.74) is 0.174. The van der Waals surface area contributed by atoms with E-state index in [1.165, 1.54) is 0 Å². The highest BCUT2D eigenvalue weighted by atomic mass is 35.5. The monoisotopic (exact) mass is 271 g/mol. The van der Waals surface area contributed by atoms with E-state index in [2.05, 4.69) is 44.7 Å². The third-order valence-electron chi connectivity index (χ3n) is 3.03. The fourth-order valence-corrected chi connectivity index (χ4v) is 2.01. The van der Waals surface area contributed by atoms with Gasteiger partial charge in [0.25, 0.3) is 0 Å². The first kappa shape index (κ1) is 15.5. The topological polar surface area (TPSA) is 30.7 Å². The van der Waals surface area contributed by atoms with Crippen molar-refractivity contribution in [2.75, 3.05) is 0 Å². The van der Waals surface area contributed by atoms with Crippen molar-refractivity contribution in [3.8, 4) is 0 Å². The molecule has 0 N–H and O–H groups in total. The highest BCUT2D eigenvalue weighted by molar-refractivity contribution is 6.21. The van der Waals surface area contributed by atoms with Gasteiger partial charge in [0.05, 0.1) is 0 Å². The van der Waals surface area contributed by atoms with E-state index in [1.807, 2.05) is 4.68 Å². The van der Waals surface area contributed by atoms with E-state index in [4.69, 9.17) is 11.6 Å². The summed E-state index contributed by atoms with van der Waals surface area (Å²) in [5, 5.41) is 4.50. The van der Waals surface area contributed by atoms with Gasteiger partial charge >= 0.3 is 0 Å². The Kier molecular flexibility index (Phi) is 5.64. The SMILES string of the molecule is CC(C)Cn1ncnc1CCCC(Cl)C(C)(C)C. The molecule has 4 heteroatoms. The fourth-order valence-electron chi connectivity index (χ4n) is 1.85. The lowest BCUT2D eigenvalue weighted by molar-refractivity contribution is 0.366. The van der Waals surface area contributed by atoms with Crippen molar-refractivity contribution in [3.63, 3.8) is 0 Å². The van der Waals surface area contributed by atoms with Gasteiger partial charge in [-0.3, -0.25) is 0 Å². The lowest BCUT2D eigenvalue weighted by atomic mass is 9.89. The molecule has 104 valence electrons. The van der Waals surface area contributed by atoms with Crippen LogP contribution in [0.1, 0.15) is 53.3 Å². The van der Waals surface area contributed by atoms with Gasteiger partial charge in [0.1, 0.15) is 12.2 Å². The van der Waals surface area contributed by atoms with Crippen molar-refractivity contribution in [2.24, 2.45) is 11.3 Å². The van der Waals surface area contributed by atoms with Crippen LogP contribution in [0.4, 0.5) is 0 Å². The highest BCUT2D eigenvalue weighted by Gasteiger charge is 2.21. The molecule has 1 rings (SSSR count).